The summed E-state index contributed by atoms with van der Waals surface area (Å²) in [5, 5.41) is 6.47. The van der Waals surface area contributed by atoms with Gasteiger partial charge in [0.05, 0.1) is 6.54 Å². The molecule has 0 spiro atoms. The van der Waals surface area contributed by atoms with Crippen molar-refractivity contribution in [3.8, 4) is 0 Å². The lowest BCUT2D eigenvalue weighted by Crippen LogP contribution is -2.54. The SMILES string of the molecule is CN=C(NCCCN(C(C)C)C(C)C)N1CCN(CC(=O)NC(C)C)CC1.I. The quantitative estimate of drug-likeness (QED) is 0.215. The summed E-state index contributed by atoms with van der Waals surface area (Å²) in [5.41, 5.74) is 0. The molecule has 2 N–H and O–H groups in total. The Morgan fingerprint density at radius 2 is 1.61 bits per heavy atom. The molecule has 0 aromatic rings. The molecule has 0 aliphatic carbocycles. The Bertz CT molecular complexity index is 454. The number of piperazine rings is 1. The lowest BCUT2D eigenvalue weighted by molar-refractivity contribution is -0.123. The molecule has 1 aliphatic heterocycles. The summed E-state index contributed by atoms with van der Waals surface area (Å²) >= 11 is 0. The van der Waals surface area contributed by atoms with Gasteiger partial charge in [-0.15, -0.1) is 24.0 Å². The highest BCUT2D eigenvalue weighted by Crippen LogP contribution is 2.06. The number of carbonyl (C=O) groups is 1. The van der Waals surface area contributed by atoms with Gasteiger partial charge in [0.15, 0.2) is 5.96 Å². The lowest BCUT2D eigenvalue weighted by Gasteiger charge is -2.36. The minimum atomic E-state index is 0. The monoisotopic (exact) mass is 510 g/mol. The van der Waals surface area contributed by atoms with Crippen LogP contribution in [0, 0.1) is 0 Å². The molecule has 1 amide bonds. The maximum Gasteiger partial charge on any atom is 0.234 e. The average Bonchev–Trinajstić information content (AvgIpc) is 2.57. The zero-order valence-corrected chi connectivity index (χ0v) is 21.3. The fourth-order valence-corrected chi connectivity index (χ4v) is 3.60. The van der Waals surface area contributed by atoms with Gasteiger partial charge < -0.3 is 15.5 Å². The molecule has 1 fully saturated rings. The van der Waals surface area contributed by atoms with E-state index in [0.29, 0.717) is 18.6 Å². The molecule has 1 saturated heterocycles. The number of halogens is 1. The van der Waals surface area contributed by atoms with Gasteiger partial charge in [0.2, 0.25) is 5.91 Å². The zero-order chi connectivity index (χ0) is 20.4. The minimum Gasteiger partial charge on any atom is -0.356 e. The van der Waals surface area contributed by atoms with Gasteiger partial charge in [0.25, 0.3) is 0 Å². The van der Waals surface area contributed by atoms with Crippen molar-refractivity contribution in [1.82, 2.24) is 25.3 Å². The molecular formula is C20H43IN6O. The molecule has 1 heterocycles. The molecular weight excluding hydrogens is 467 g/mol. The number of amides is 1. The predicted octanol–water partition coefficient (Wildman–Crippen LogP) is 1.83. The van der Waals surface area contributed by atoms with Crippen LogP contribution in [0.25, 0.3) is 0 Å². The van der Waals surface area contributed by atoms with Crippen LogP contribution >= 0.6 is 24.0 Å². The van der Waals surface area contributed by atoms with Crippen molar-refractivity contribution in [2.45, 2.75) is 66.1 Å². The second-order valence-electron chi connectivity index (χ2n) is 8.24. The molecule has 0 aromatic heterocycles. The van der Waals surface area contributed by atoms with Crippen LogP contribution in [0.15, 0.2) is 4.99 Å². The molecule has 8 heteroatoms. The Morgan fingerprint density at radius 1 is 1.04 bits per heavy atom. The molecule has 0 atom stereocenters. The van der Waals surface area contributed by atoms with E-state index in [1.54, 1.807) is 0 Å². The first-order valence-electron chi connectivity index (χ1n) is 10.5. The third-order valence-electron chi connectivity index (χ3n) is 4.90. The first kappa shape index (κ1) is 27.4. The van der Waals surface area contributed by atoms with Crippen LogP contribution in [0.3, 0.4) is 0 Å². The van der Waals surface area contributed by atoms with Gasteiger partial charge in [-0.1, -0.05) is 0 Å². The highest BCUT2D eigenvalue weighted by molar-refractivity contribution is 14.0. The molecule has 7 nitrogen and oxygen atoms in total. The highest BCUT2D eigenvalue weighted by atomic mass is 127. The molecule has 0 unspecified atom stereocenters. The first-order chi connectivity index (χ1) is 12.7. The maximum atomic E-state index is 11.9. The van der Waals surface area contributed by atoms with Gasteiger partial charge in [-0.2, -0.15) is 0 Å². The Balaban J connectivity index is 0.00000729. The number of hydrogen-bond donors (Lipinski definition) is 2. The molecule has 0 bridgehead atoms. The van der Waals surface area contributed by atoms with Crippen LogP contribution in [0.5, 0.6) is 0 Å². The number of guanidine groups is 1. The van der Waals surface area contributed by atoms with E-state index in [2.05, 4.69) is 58.0 Å². The summed E-state index contributed by atoms with van der Waals surface area (Å²) in [6.07, 6.45) is 1.10. The van der Waals surface area contributed by atoms with Gasteiger partial charge in [-0.25, -0.2) is 0 Å². The van der Waals surface area contributed by atoms with Crippen molar-refractivity contribution in [3.05, 3.63) is 0 Å². The van der Waals surface area contributed by atoms with E-state index in [-0.39, 0.29) is 35.9 Å². The number of carbonyl (C=O) groups excluding carboxylic acids is 1. The molecule has 0 radical (unpaired) electrons. The van der Waals surface area contributed by atoms with E-state index in [0.717, 1.165) is 51.6 Å². The fraction of sp³-hybridized carbons (Fsp3) is 0.900. The Hall–Kier alpha value is -0.610. The highest BCUT2D eigenvalue weighted by Gasteiger charge is 2.21. The zero-order valence-electron chi connectivity index (χ0n) is 19.0. The van der Waals surface area contributed by atoms with Crippen LogP contribution in [-0.4, -0.2) is 97.6 Å². The summed E-state index contributed by atoms with van der Waals surface area (Å²) in [6.45, 7) is 19.1. The van der Waals surface area contributed by atoms with Crippen molar-refractivity contribution in [1.29, 1.82) is 0 Å². The molecule has 1 rings (SSSR count). The van der Waals surface area contributed by atoms with Crippen molar-refractivity contribution < 1.29 is 4.79 Å². The second-order valence-corrected chi connectivity index (χ2v) is 8.24. The van der Waals surface area contributed by atoms with Crippen LogP contribution in [-0.2, 0) is 4.79 Å². The molecule has 0 aromatic carbocycles. The topological polar surface area (TPSA) is 63.2 Å². The van der Waals surface area contributed by atoms with Crippen LogP contribution in [0.1, 0.15) is 48.0 Å². The Morgan fingerprint density at radius 3 is 2.07 bits per heavy atom. The largest absolute Gasteiger partial charge is 0.356 e. The van der Waals surface area contributed by atoms with E-state index in [1.807, 2.05) is 20.9 Å². The average molecular weight is 511 g/mol. The molecule has 166 valence electrons. The van der Waals surface area contributed by atoms with Gasteiger partial charge in [0, 0.05) is 64.4 Å². The number of rotatable bonds is 9. The minimum absolute atomic E-state index is 0. The lowest BCUT2D eigenvalue weighted by atomic mass is 10.2. The van der Waals surface area contributed by atoms with Crippen molar-refractivity contribution >= 4 is 35.8 Å². The standard InChI is InChI=1S/C20H42N6O.HI/c1-16(2)23-19(27)15-24-11-13-25(14-12-24)20(21-7)22-9-8-10-26(17(3)4)18(5)6;/h16-18H,8-15H2,1-7H3,(H,21,22)(H,23,27);1H. The summed E-state index contributed by atoms with van der Waals surface area (Å²) in [7, 11) is 1.85. The van der Waals surface area contributed by atoms with Gasteiger partial charge in [-0.05, 0) is 48.0 Å². The van der Waals surface area contributed by atoms with Crippen LogP contribution in [0.4, 0.5) is 0 Å². The third-order valence-corrected chi connectivity index (χ3v) is 4.90. The Labute approximate surface area is 189 Å². The van der Waals surface area contributed by atoms with E-state index >= 15 is 0 Å². The third kappa shape index (κ3) is 10.2. The van der Waals surface area contributed by atoms with E-state index in [1.165, 1.54) is 0 Å². The molecule has 1 aliphatic rings. The number of nitrogens with zero attached hydrogens (tertiary/aromatic N) is 4. The second kappa shape index (κ2) is 14.4. The summed E-state index contributed by atoms with van der Waals surface area (Å²) in [4.78, 5) is 23.4. The van der Waals surface area contributed by atoms with Crippen molar-refractivity contribution in [2.75, 3.05) is 52.9 Å². The summed E-state index contributed by atoms with van der Waals surface area (Å²) in [5.74, 6) is 1.09. The van der Waals surface area contributed by atoms with E-state index in [9.17, 15) is 4.79 Å². The van der Waals surface area contributed by atoms with Crippen LogP contribution in [0.2, 0.25) is 0 Å². The van der Waals surface area contributed by atoms with E-state index < -0.39 is 0 Å². The Kier molecular flexibility index (Phi) is 14.1. The van der Waals surface area contributed by atoms with Crippen molar-refractivity contribution in [3.63, 3.8) is 0 Å². The maximum absolute atomic E-state index is 11.9. The predicted molar refractivity (Wildman–Crippen MR) is 130 cm³/mol. The first-order valence-corrected chi connectivity index (χ1v) is 10.5. The van der Waals surface area contributed by atoms with Crippen LogP contribution < -0.4 is 10.6 Å². The van der Waals surface area contributed by atoms with Crippen molar-refractivity contribution in [2.24, 2.45) is 4.99 Å². The number of hydrogen-bond acceptors (Lipinski definition) is 4. The number of aliphatic imine (C=N–C) groups is 1. The van der Waals surface area contributed by atoms with Gasteiger partial charge >= 0.3 is 0 Å². The fourth-order valence-electron chi connectivity index (χ4n) is 3.60. The normalized spacial score (nSPS) is 16.1. The summed E-state index contributed by atoms with van der Waals surface area (Å²) in [6, 6.07) is 1.35. The van der Waals surface area contributed by atoms with Gasteiger partial charge in [0.1, 0.15) is 0 Å². The number of nitrogens with one attached hydrogen (secondary N) is 2. The van der Waals surface area contributed by atoms with E-state index in [4.69, 9.17) is 0 Å². The smallest absolute Gasteiger partial charge is 0.234 e. The summed E-state index contributed by atoms with van der Waals surface area (Å²) < 4.78 is 0. The van der Waals surface area contributed by atoms with Gasteiger partial charge in [-0.3, -0.25) is 19.6 Å². The molecule has 28 heavy (non-hydrogen) atoms. The molecule has 0 saturated carbocycles.